The number of nitriles is 1. The zero-order chi connectivity index (χ0) is 9.90. The van der Waals surface area contributed by atoms with Gasteiger partial charge in [0.05, 0.1) is 11.5 Å². The van der Waals surface area contributed by atoms with Gasteiger partial charge >= 0.3 is 0 Å². The van der Waals surface area contributed by atoms with Crippen molar-refractivity contribution in [3.8, 4) is 6.07 Å². The molecule has 0 aliphatic rings. The van der Waals surface area contributed by atoms with E-state index in [4.69, 9.17) is 5.26 Å². The second-order valence-corrected chi connectivity index (χ2v) is 3.79. The first-order chi connectivity index (χ1) is 6.10. The topological polar surface area (TPSA) is 23.8 Å². The van der Waals surface area contributed by atoms with Gasteiger partial charge in [-0.15, -0.1) is 0 Å². The molecule has 0 aromatic heterocycles. The third-order valence-electron chi connectivity index (χ3n) is 2.34. The second-order valence-electron chi connectivity index (χ2n) is 3.79. The van der Waals surface area contributed by atoms with Gasteiger partial charge in [-0.1, -0.05) is 31.2 Å². The second kappa shape index (κ2) is 4.76. The van der Waals surface area contributed by atoms with E-state index >= 15 is 0 Å². The molecule has 14 heavy (non-hydrogen) atoms. The molecule has 0 spiro atoms. The number of rotatable bonds is 2. The van der Waals surface area contributed by atoms with Gasteiger partial charge in [0.1, 0.15) is 0 Å². The van der Waals surface area contributed by atoms with Crippen LogP contribution in [0.25, 0.3) is 0 Å². The number of hydrogen-bond acceptors (Lipinski definition) is 1. The summed E-state index contributed by atoms with van der Waals surface area (Å²) in [6.45, 7) is 6.02. The lowest BCUT2D eigenvalue weighted by Gasteiger charge is -2.16. The first kappa shape index (κ1) is 12.6. The van der Waals surface area contributed by atoms with Crippen LogP contribution < -0.4 is 0 Å². The number of aryl methyl sites for hydroxylation is 1. The summed E-state index contributed by atoms with van der Waals surface area (Å²) in [5, 5.41) is 8.96. The van der Waals surface area contributed by atoms with Gasteiger partial charge in [0, 0.05) is 0 Å². The molecule has 0 radical (unpaired) electrons. The van der Waals surface area contributed by atoms with Crippen LogP contribution in [0.2, 0.25) is 0 Å². The summed E-state index contributed by atoms with van der Waals surface area (Å²) in [6.07, 6.45) is 1.02. The Labute approximate surface area is 84.7 Å². The molecule has 0 saturated heterocycles. The minimum atomic E-state index is -0.370. The van der Waals surface area contributed by atoms with Crippen molar-refractivity contribution in [3.63, 3.8) is 0 Å². The molecule has 1 aromatic rings. The Balaban J connectivity index is 0.00000169. The molecular weight excluding hydrogens is 177 g/mol. The van der Waals surface area contributed by atoms with Crippen LogP contribution in [0.3, 0.4) is 0 Å². The highest BCUT2D eigenvalue weighted by Gasteiger charge is 2.19. The van der Waals surface area contributed by atoms with E-state index in [0.717, 1.165) is 12.0 Å². The van der Waals surface area contributed by atoms with Crippen LogP contribution in [0.15, 0.2) is 24.3 Å². The van der Waals surface area contributed by atoms with Crippen LogP contribution in [0, 0.1) is 11.3 Å². The summed E-state index contributed by atoms with van der Waals surface area (Å²) >= 11 is 0. The van der Waals surface area contributed by atoms with E-state index in [2.05, 4.69) is 25.1 Å². The quantitative estimate of drug-likeness (QED) is 0.707. The minimum Gasteiger partial charge on any atom is -0.269 e. The smallest absolute Gasteiger partial charge is 0.0766 e. The molecule has 0 N–H and O–H groups in total. The van der Waals surface area contributed by atoms with E-state index in [0.29, 0.717) is 0 Å². The number of benzene rings is 1. The summed E-state index contributed by atoms with van der Waals surface area (Å²) in [5.74, 6) is 0. The number of halogens is 1. The Bertz CT molecular complexity index is 336. The average molecular weight is 193 g/mol. The van der Waals surface area contributed by atoms with Gasteiger partial charge in [0.2, 0.25) is 0 Å². The minimum absolute atomic E-state index is 0. The largest absolute Gasteiger partial charge is 0.269 e. The lowest BCUT2D eigenvalue weighted by atomic mass is 9.85. The molecule has 0 atom stereocenters. The van der Waals surface area contributed by atoms with Crippen LogP contribution in [0.5, 0.6) is 0 Å². The fraction of sp³-hybridized carbons (Fsp3) is 0.417. The molecule has 1 aromatic carbocycles. The maximum Gasteiger partial charge on any atom is 0.0766 e. The van der Waals surface area contributed by atoms with E-state index in [-0.39, 0.29) is 10.1 Å². The van der Waals surface area contributed by atoms with E-state index < -0.39 is 0 Å². The van der Waals surface area contributed by atoms with Gasteiger partial charge in [-0.2, -0.15) is 5.26 Å². The molecule has 1 rings (SSSR count). The van der Waals surface area contributed by atoms with Crippen molar-refractivity contribution < 1.29 is 4.70 Å². The summed E-state index contributed by atoms with van der Waals surface area (Å²) in [4.78, 5) is 0. The fourth-order valence-corrected chi connectivity index (χ4v) is 1.24. The molecular formula is C12H16FN. The highest BCUT2D eigenvalue weighted by molar-refractivity contribution is 5.33. The SMILES string of the molecule is CCc1cccc(C(C)(C)C#N)c1.F. The van der Waals surface area contributed by atoms with Crippen LogP contribution in [-0.4, -0.2) is 0 Å². The number of hydrogen-bond donors (Lipinski definition) is 0. The molecule has 0 unspecified atom stereocenters. The standard InChI is InChI=1S/C12H15N.FH/c1-4-10-6-5-7-11(8-10)12(2,3)9-13;/h5-8H,4H2,1-3H3;1H. The molecule has 0 bridgehead atoms. The summed E-state index contributed by atoms with van der Waals surface area (Å²) in [5.41, 5.74) is 2.03. The molecule has 0 aliphatic carbocycles. The van der Waals surface area contributed by atoms with Gasteiger partial charge in [-0.25, -0.2) is 0 Å². The zero-order valence-electron chi connectivity index (χ0n) is 8.87. The number of nitrogens with zero attached hydrogens (tertiary/aromatic N) is 1. The van der Waals surface area contributed by atoms with Crippen LogP contribution >= 0.6 is 0 Å². The summed E-state index contributed by atoms with van der Waals surface area (Å²) < 4.78 is 0. The summed E-state index contributed by atoms with van der Waals surface area (Å²) in [7, 11) is 0. The molecule has 0 amide bonds. The van der Waals surface area contributed by atoms with Gasteiger partial charge < -0.3 is 0 Å². The van der Waals surface area contributed by atoms with Gasteiger partial charge in [-0.3, -0.25) is 4.70 Å². The molecule has 1 nitrogen and oxygen atoms in total. The van der Waals surface area contributed by atoms with E-state index in [1.54, 1.807) is 0 Å². The van der Waals surface area contributed by atoms with Crippen molar-refractivity contribution in [1.29, 1.82) is 5.26 Å². The molecule has 76 valence electrons. The first-order valence-corrected chi connectivity index (χ1v) is 4.61. The fourth-order valence-electron chi connectivity index (χ4n) is 1.24. The molecule has 2 heteroatoms. The zero-order valence-corrected chi connectivity index (χ0v) is 8.87. The third kappa shape index (κ3) is 2.56. The predicted molar refractivity (Wildman–Crippen MR) is 57.0 cm³/mol. The van der Waals surface area contributed by atoms with Crippen molar-refractivity contribution >= 4 is 0 Å². The van der Waals surface area contributed by atoms with E-state index in [1.165, 1.54) is 5.56 Å². The molecule has 0 saturated carbocycles. The van der Waals surface area contributed by atoms with Gasteiger partial charge in [0.15, 0.2) is 0 Å². The lowest BCUT2D eigenvalue weighted by molar-refractivity contribution is 0.685. The van der Waals surface area contributed by atoms with Crippen molar-refractivity contribution in [1.82, 2.24) is 0 Å². The average Bonchev–Trinajstić information content (AvgIpc) is 2.18. The van der Waals surface area contributed by atoms with Crippen molar-refractivity contribution in [3.05, 3.63) is 35.4 Å². The lowest BCUT2D eigenvalue weighted by Crippen LogP contribution is -2.13. The Kier molecular flexibility index (Phi) is 4.30. The van der Waals surface area contributed by atoms with Gasteiger partial charge in [0.25, 0.3) is 0 Å². The van der Waals surface area contributed by atoms with Crippen molar-refractivity contribution in [2.24, 2.45) is 0 Å². The van der Waals surface area contributed by atoms with E-state index in [1.807, 2.05) is 26.0 Å². The van der Waals surface area contributed by atoms with E-state index in [9.17, 15) is 0 Å². The summed E-state index contributed by atoms with van der Waals surface area (Å²) in [6, 6.07) is 10.6. The van der Waals surface area contributed by atoms with Crippen LogP contribution in [0.1, 0.15) is 31.9 Å². The molecule has 0 heterocycles. The van der Waals surface area contributed by atoms with Crippen molar-refractivity contribution in [2.45, 2.75) is 32.6 Å². The predicted octanol–water partition coefficient (Wildman–Crippen LogP) is 3.20. The monoisotopic (exact) mass is 193 g/mol. The molecule has 0 fully saturated rings. The Morgan fingerprint density at radius 2 is 2.00 bits per heavy atom. The molecule has 0 aliphatic heterocycles. The highest BCUT2D eigenvalue weighted by atomic mass is 19.0. The highest BCUT2D eigenvalue weighted by Crippen LogP contribution is 2.22. The Morgan fingerprint density at radius 1 is 1.36 bits per heavy atom. The van der Waals surface area contributed by atoms with Crippen LogP contribution in [-0.2, 0) is 11.8 Å². The van der Waals surface area contributed by atoms with Crippen LogP contribution in [0.4, 0.5) is 4.70 Å². The maximum atomic E-state index is 8.96. The Morgan fingerprint density at radius 3 is 2.50 bits per heavy atom. The van der Waals surface area contributed by atoms with Crippen molar-refractivity contribution in [2.75, 3.05) is 0 Å². The normalized spacial score (nSPS) is 10.1. The Hall–Kier alpha value is -1.36. The maximum absolute atomic E-state index is 8.96. The third-order valence-corrected chi connectivity index (χ3v) is 2.34. The first-order valence-electron chi connectivity index (χ1n) is 4.61. The van der Waals surface area contributed by atoms with Gasteiger partial charge in [-0.05, 0) is 31.4 Å².